The molecule has 0 fully saturated rings. The van der Waals surface area contributed by atoms with Crippen molar-refractivity contribution in [1.29, 1.82) is 0 Å². The van der Waals surface area contributed by atoms with Crippen molar-refractivity contribution in [3.8, 4) is 5.69 Å². The highest BCUT2D eigenvalue weighted by Crippen LogP contribution is 2.08. The van der Waals surface area contributed by atoms with Gasteiger partial charge in [0, 0.05) is 0 Å². The van der Waals surface area contributed by atoms with Crippen molar-refractivity contribution >= 4 is 0 Å². The van der Waals surface area contributed by atoms with Gasteiger partial charge < -0.3 is 0 Å². The fourth-order valence-electron chi connectivity index (χ4n) is 3.15. The lowest BCUT2D eigenvalue weighted by molar-refractivity contribution is 0.489. The first-order valence-electron chi connectivity index (χ1n) is 9.00. The van der Waals surface area contributed by atoms with E-state index in [1.165, 1.54) is 33.6 Å². The number of para-hydroxylation sites is 1. The Labute approximate surface area is 164 Å². The van der Waals surface area contributed by atoms with E-state index in [4.69, 9.17) is 0 Å². The molecule has 0 atom stereocenters. The lowest BCUT2D eigenvalue weighted by atomic mass is 10.2. The molecule has 0 spiro atoms. The fraction of sp³-hybridized carbons (Fsp3) is 0.0909. The van der Waals surface area contributed by atoms with Crippen LogP contribution in [0.5, 0.6) is 0 Å². The second-order valence-corrected chi connectivity index (χ2v) is 6.60. The van der Waals surface area contributed by atoms with Gasteiger partial charge in [-0.2, -0.15) is 0 Å². The summed E-state index contributed by atoms with van der Waals surface area (Å²) in [5.74, 6) is -0.765. The van der Waals surface area contributed by atoms with Crippen LogP contribution in [-0.2, 0) is 13.1 Å². The highest BCUT2D eigenvalue weighted by Gasteiger charge is 2.18. The van der Waals surface area contributed by atoms with Crippen molar-refractivity contribution in [3.05, 3.63) is 123 Å². The van der Waals surface area contributed by atoms with E-state index >= 15 is 0 Å². The van der Waals surface area contributed by atoms with Crippen LogP contribution in [0.1, 0.15) is 11.1 Å². The van der Waals surface area contributed by atoms with Crippen molar-refractivity contribution in [1.82, 2.24) is 13.9 Å². The van der Waals surface area contributed by atoms with E-state index in [1.807, 2.05) is 0 Å². The van der Waals surface area contributed by atoms with Crippen LogP contribution in [0.3, 0.4) is 0 Å². The maximum Gasteiger partial charge on any atom is 0.352 e. The van der Waals surface area contributed by atoms with Gasteiger partial charge in [0.15, 0.2) is 0 Å². The molecule has 0 radical (unpaired) electrons. The molecule has 0 bridgehead atoms. The molecular weight excluding hydrogens is 376 g/mol. The summed E-state index contributed by atoms with van der Waals surface area (Å²) >= 11 is 0. The molecule has 5 nitrogen and oxygen atoms in total. The number of hydrogen-bond donors (Lipinski definition) is 0. The molecule has 4 rings (SSSR count). The van der Waals surface area contributed by atoms with E-state index in [0.717, 1.165) is 4.57 Å². The molecule has 146 valence electrons. The molecule has 1 aromatic heterocycles. The largest absolute Gasteiger partial charge is 0.352 e. The van der Waals surface area contributed by atoms with Gasteiger partial charge in [-0.15, -0.1) is 0 Å². The van der Waals surface area contributed by atoms with Gasteiger partial charge in [0.25, 0.3) is 0 Å². The standard InChI is InChI=1S/C22H17F2N3O2/c23-18-10-6-16(7-11-18)14-25-21(28)27(20-4-2-1-3-5-20)22(29)26(25)15-17-8-12-19(24)13-9-17/h1-13H,14-15H2. The molecule has 1 heterocycles. The van der Waals surface area contributed by atoms with Crippen LogP contribution in [0.4, 0.5) is 8.78 Å². The van der Waals surface area contributed by atoms with Gasteiger partial charge in [0.05, 0.1) is 18.8 Å². The molecule has 0 amide bonds. The second kappa shape index (κ2) is 7.71. The second-order valence-electron chi connectivity index (χ2n) is 6.60. The third-order valence-corrected chi connectivity index (χ3v) is 4.62. The predicted molar refractivity (Wildman–Crippen MR) is 105 cm³/mol. The van der Waals surface area contributed by atoms with Crippen LogP contribution in [-0.4, -0.2) is 13.9 Å². The molecule has 29 heavy (non-hydrogen) atoms. The SMILES string of the molecule is O=c1n(-c2ccccc2)c(=O)n(Cc2ccc(F)cc2)n1Cc1ccc(F)cc1. The van der Waals surface area contributed by atoms with Crippen molar-refractivity contribution < 1.29 is 8.78 Å². The van der Waals surface area contributed by atoms with Crippen LogP contribution in [0, 0.1) is 11.6 Å². The van der Waals surface area contributed by atoms with E-state index < -0.39 is 11.4 Å². The van der Waals surface area contributed by atoms with Gasteiger partial charge in [0.1, 0.15) is 11.6 Å². The minimum Gasteiger partial charge on any atom is -0.245 e. The van der Waals surface area contributed by atoms with Gasteiger partial charge >= 0.3 is 11.4 Å². The predicted octanol–water partition coefficient (Wildman–Crippen LogP) is 3.18. The van der Waals surface area contributed by atoms with Crippen molar-refractivity contribution in [3.63, 3.8) is 0 Å². The number of nitrogens with zero attached hydrogens (tertiary/aromatic N) is 3. The van der Waals surface area contributed by atoms with Crippen molar-refractivity contribution in [2.24, 2.45) is 0 Å². The van der Waals surface area contributed by atoms with Crippen LogP contribution in [0.15, 0.2) is 88.5 Å². The normalized spacial score (nSPS) is 11.0. The average molecular weight is 393 g/mol. The number of benzene rings is 3. The minimum atomic E-state index is -0.507. The first-order chi connectivity index (χ1) is 14.0. The van der Waals surface area contributed by atoms with E-state index in [9.17, 15) is 18.4 Å². The molecule has 0 unspecified atom stereocenters. The lowest BCUT2D eigenvalue weighted by Gasteiger charge is -2.10. The van der Waals surface area contributed by atoms with E-state index in [1.54, 1.807) is 54.6 Å². The lowest BCUT2D eigenvalue weighted by Crippen LogP contribution is -2.27. The Morgan fingerprint density at radius 1 is 0.586 bits per heavy atom. The van der Waals surface area contributed by atoms with Gasteiger partial charge in [-0.05, 0) is 47.5 Å². The molecule has 0 N–H and O–H groups in total. The summed E-state index contributed by atoms with van der Waals surface area (Å²) in [6.07, 6.45) is 0. The number of hydrogen-bond acceptors (Lipinski definition) is 2. The first-order valence-corrected chi connectivity index (χ1v) is 9.00. The first kappa shape index (κ1) is 18.6. The molecule has 0 saturated heterocycles. The molecule has 7 heteroatoms. The fourth-order valence-corrected chi connectivity index (χ4v) is 3.15. The summed E-state index contributed by atoms with van der Waals surface area (Å²) < 4.78 is 30.2. The smallest absolute Gasteiger partial charge is 0.245 e. The number of halogens is 2. The van der Waals surface area contributed by atoms with E-state index in [-0.39, 0.29) is 24.7 Å². The molecule has 0 aliphatic rings. The monoisotopic (exact) mass is 393 g/mol. The summed E-state index contributed by atoms with van der Waals surface area (Å²) in [7, 11) is 0. The number of aromatic nitrogens is 3. The van der Waals surface area contributed by atoms with Crippen LogP contribution in [0.2, 0.25) is 0 Å². The Morgan fingerprint density at radius 2 is 1.00 bits per heavy atom. The maximum absolute atomic E-state index is 13.2. The van der Waals surface area contributed by atoms with Crippen molar-refractivity contribution in [2.75, 3.05) is 0 Å². The summed E-state index contributed by atoms with van der Waals surface area (Å²) in [5.41, 5.74) is 0.784. The van der Waals surface area contributed by atoms with Crippen LogP contribution < -0.4 is 11.4 Å². The Bertz CT molecular complexity index is 1160. The number of rotatable bonds is 5. The third-order valence-electron chi connectivity index (χ3n) is 4.62. The van der Waals surface area contributed by atoms with E-state index in [0.29, 0.717) is 16.8 Å². The summed E-state index contributed by atoms with van der Waals surface area (Å²) in [6, 6.07) is 20.1. The molecule has 0 aliphatic carbocycles. The Balaban J connectivity index is 1.84. The maximum atomic E-state index is 13.2. The molecule has 0 saturated carbocycles. The van der Waals surface area contributed by atoms with Gasteiger partial charge in [-0.25, -0.2) is 32.3 Å². The highest BCUT2D eigenvalue weighted by molar-refractivity contribution is 5.31. The van der Waals surface area contributed by atoms with Crippen LogP contribution >= 0.6 is 0 Å². The van der Waals surface area contributed by atoms with E-state index in [2.05, 4.69) is 0 Å². The van der Waals surface area contributed by atoms with Gasteiger partial charge in [-0.3, -0.25) is 0 Å². The van der Waals surface area contributed by atoms with Gasteiger partial charge in [-0.1, -0.05) is 42.5 Å². The third kappa shape index (κ3) is 3.80. The zero-order chi connectivity index (χ0) is 20.4. The molecule has 0 aliphatic heterocycles. The zero-order valence-corrected chi connectivity index (χ0v) is 15.3. The summed E-state index contributed by atoms with van der Waals surface area (Å²) in [4.78, 5) is 26.2. The summed E-state index contributed by atoms with van der Waals surface area (Å²) in [5, 5.41) is 0. The Morgan fingerprint density at radius 3 is 1.41 bits per heavy atom. The minimum absolute atomic E-state index is 0.0926. The average Bonchev–Trinajstić information content (AvgIpc) is 2.96. The molecule has 3 aromatic carbocycles. The molecule has 4 aromatic rings. The van der Waals surface area contributed by atoms with Gasteiger partial charge in [0.2, 0.25) is 0 Å². The highest BCUT2D eigenvalue weighted by atomic mass is 19.1. The Kier molecular flexibility index (Phi) is 4.95. The summed E-state index contributed by atoms with van der Waals surface area (Å²) in [6.45, 7) is 0.185. The topological polar surface area (TPSA) is 48.9 Å². The zero-order valence-electron chi connectivity index (χ0n) is 15.3. The van der Waals surface area contributed by atoms with Crippen LogP contribution in [0.25, 0.3) is 5.69 Å². The Hall–Kier alpha value is -3.74. The molecular formula is C22H17F2N3O2. The quantitative estimate of drug-likeness (QED) is 0.523. The van der Waals surface area contributed by atoms with Crippen molar-refractivity contribution in [2.45, 2.75) is 13.1 Å².